The summed E-state index contributed by atoms with van der Waals surface area (Å²) in [5.41, 5.74) is 2.93. The standard InChI is InChI=1S/C20H21F3N2O2/c1-2-24-19(26)16-11-10-14(27-20(21,22)23)12-18(16)25-17-9-5-7-13-6-3-4-8-15(13)17/h3-4,6,8,10-12,17,25H,2,5,7,9H2,1H3,(H,24,26). The van der Waals surface area contributed by atoms with Crippen LogP contribution in [0.2, 0.25) is 0 Å². The Morgan fingerprint density at radius 1 is 1.22 bits per heavy atom. The first kappa shape index (κ1) is 19.1. The van der Waals surface area contributed by atoms with Crippen LogP contribution in [0.1, 0.15) is 47.3 Å². The van der Waals surface area contributed by atoms with Gasteiger partial charge in [0.15, 0.2) is 0 Å². The molecule has 0 spiro atoms. The molecular formula is C20H21F3N2O2. The zero-order chi connectivity index (χ0) is 19.4. The number of nitrogens with one attached hydrogen (secondary N) is 2. The summed E-state index contributed by atoms with van der Waals surface area (Å²) in [6, 6.07) is 11.6. The fourth-order valence-electron chi connectivity index (χ4n) is 3.39. The second kappa shape index (κ2) is 7.90. The van der Waals surface area contributed by atoms with Gasteiger partial charge >= 0.3 is 6.36 Å². The molecule has 7 heteroatoms. The molecule has 2 N–H and O–H groups in total. The molecule has 3 rings (SSSR count). The van der Waals surface area contributed by atoms with Crippen LogP contribution in [0.25, 0.3) is 0 Å². The van der Waals surface area contributed by atoms with Crippen LogP contribution in [-0.2, 0) is 6.42 Å². The number of hydrogen-bond donors (Lipinski definition) is 2. The molecule has 27 heavy (non-hydrogen) atoms. The number of alkyl halides is 3. The lowest BCUT2D eigenvalue weighted by atomic mass is 9.87. The monoisotopic (exact) mass is 378 g/mol. The molecule has 0 aromatic heterocycles. The number of benzene rings is 2. The van der Waals surface area contributed by atoms with Crippen molar-refractivity contribution in [3.8, 4) is 5.75 Å². The maximum atomic E-state index is 12.6. The minimum atomic E-state index is -4.79. The predicted molar refractivity (Wildman–Crippen MR) is 96.9 cm³/mol. The second-order valence-electron chi connectivity index (χ2n) is 6.40. The van der Waals surface area contributed by atoms with E-state index in [1.807, 2.05) is 18.2 Å². The van der Waals surface area contributed by atoms with Crippen LogP contribution in [0.3, 0.4) is 0 Å². The quantitative estimate of drug-likeness (QED) is 0.784. The van der Waals surface area contributed by atoms with Crippen LogP contribution >= 0.6 is 0 Å². The third-order valence-corrected chi connectivity index (χ3v) is 4.51. The fourth-order valence-corrected chi connectivity index (χ4v) is 3.39. The number of halogens is 3. The van der Waals surface area contributed by atoms with Crippen molar-refractivity contribution in [1.82, 2.24) is 5.32 Å². The van der Waals surface area contributed by atoms with Crippen LogP contribution in [0.4, 0.5) is 18.9 Å². The topological polar surface area (TPSA) is 50.4 Å². The first-order valence-corrected chi connectivity index (χ1v) is 8.89. The number of rotatable bonds is 5. The summed E-state index contributed by atoms with van der Waals surface area (Å²) in [6.07, 6.45) is -2.03. The number of carbonyl (C=O) groups is 1. The average Bonchev–Trinajstić information content (AvgIpc) is 2.61. The van der Waals surface area contributed by atoms with Gasteiger partial charge in [0.2, 0.25) is 0 Å². The number of amides is 1. The summed E-state index contributed by atoms with van der Waals surface area (Å²) < 4.78 is 41.8. The minimum absolute atomic E-state index is 0.0794. The highest BCUT2D eigenvalue weighted by atomic mass is 19.4. The van der Waals surface area contributed by atoms with Crippen LogP contribution in [0.5, 0.6) is 5.75 Å². The predicted octanol–water partition coefficient (Wildman–Crippen LogP) is 4.82. The average molecular weight is 378 g/mol. The number of aryl methyl sites for hydroxylation is 1. The van der Waals surface area contributed by atoms with Crippen molar-refractivity contribution in [3.05, 3.63) is 59.2 Å². The Balaban J connectivity index is 1.94. The van der Waals surface area contributed by atoms with E-state index in [0.29, 0.717) is 12.2 Å². The molecule has 144 valence electrons. The zero-order valence-corrected chi connectivity index (χ0v) is 14.9. The number of fused-ring (bicyclic) bond motifs is 1. The third kappa shape index (κ3) is 4.72. The Kier molecular flexibility index (Phi) is 5.58. The van der Waals surface area contributed by atoms with Gasteiger partial charge in [0.1, 0.15) is 5.75 Å². The molecular weight excluding hydrogens is 357 g/mol. The summed E-state index contributed by atoms with van der Waals surface area (Å²) in [5.74, 6) is -0.704. The van der Waals surface area contributed by atoms with E-state index >= 15 is 0 Å². The molecule has 1 aliphatic rings. The van der Waals surface area contributed by atoms with E-state index < -0.39 is 6.36 Å². The Labute approximate surface area is 155 Å². The van der Waals surface area contributed by atoms with Gasteiger partial charge in [-0.2, -0.15) is 0 Å². The summed E-state index contributed by atoms with van der Waals surface area (Å²) in [4.78, 5) is 12.3. The largest absolute Gasteiger partial charge is 0.573 e. The van der Waals surface area contributed by atoms with Crippen LogP contribution in [0.15, 0.2) is 42.5 Å². The van der Waals surface area contributed by atoms with E-state index in [9.17, 15) is 18.0 Å². The Morgan fingerprint density at radius 2 is 2.00 bits per heavy atom. The minimum Gasteiger partial charge on any atom is -0.406 e. The summed E-state index contributed by atoms with van der Waals surface area (Å²) >= 11 is 0. The van der Waals surface area contributed by atoms with Gasteiger partial charge in [0.05, 0.1) is 17.3 Å². The van der Waals surface area contributed by atoms with E-state index in [-0.39, 0.29) is 23.3 Å². The molecule has 0 bridgehead atoms. The van der Waals surface area contributed by atoms with E-state index in [4.69, 9.17) is 0 Å². The van der Waals surface area contributed by atoms with Gasteiger partial charge in [-0.3, -0.25) is 4.79 Å². The van der Waals surface area contributed by atoms with Gasteiger partial charge < -0.3 is 15.4 Å². The highest BCUT2D eigenvalue weighted by Crippen LogP contribution is 2.35. The van der Waals surface area contributed by atoms with Gasteiger partial charge in [-0.25, -0.2) is 0 Å². The maximum Gasteiger partial charge on any atom is 0.573 e. The van der Waals surface area contributed by atoms with Crippen molar-refractivity contribution in [2.45, 2.75) is 38.6 Å². The fraction of sp³-hybridized carbons (Fsp3) is 0.350. The second-order valence-corrected chi connectivity index (χ2v) is 6.40. The highest BCUT2D eigenvalue weighted by molar-refractivity contribution is 6.00. The molecule has 4 nitrogen and oxygen atoms in total. The summed E-state index contributed by atoms with van der Waals surface area (Å²) in [5, 5.41) is 5.95. The molecule has 0 saturated heterocycles. The molecule has 2 aromatic rings. The Hall–Kier alpha value is -2.70. The van der Waals surface area contributed by atoms with Gasteiger partial charge in [-0.05, 0) is 49.4 Å². The van der Waals surface area contributed by atoms with Crippen LogP contribution < -0.4 is 15.4 Å². The first-order chi connectivity index (χ1) is 12.9. The molecule has 1 aliphatic carbocycles. The van der Waals surface area contributed by atoms with Crippen molar-refractivity contribution in [3.63, 3.8) is 0 Å². The molecule has 2 aromatic carbocycles. The first-order valence-electron chi connectivity index (χ1n) is 8.89. The number of carbonyl (C=O) groups excluding carboxylic acids is 1. The van der Waals surface area contributed by atoms with Gasteiger partial charge in [-0.15, -0.1) is 13.2 Å². The third-order valence-electron chi connectivity index (χ3n) is 4.51. The van der Waals surface area contributed by atoms with Crippen LogP contribution in [0, 0.1) is 0 Å². The molecule has 0 radical (unpaired) electrons. The number of anilines is 1. The van der Waals surface area contributed by atoms with Crippen molar-refractivity contribution in [1.29, 1.82) is 0 Å². The smallest absolute Gasteiger partial charge is 0.406 e. The molecule has 1 atom stereocenters. The van der Waals surface area contributed by atoms with E-state index in [0.717, 1.165) is 30.9 Å². The summed E-state index contributed by atoms with van der Waals surface area (Å²) in [7, 11) is 0. The maximum absolute atomic E-state index is 12.6. The summed E-state index contributed by atoms with van der Waals surface area (Å²) in [6.45, 7) is 2.20. The Morgan fingerprint density at radius 3 is 2.74 bits per heavy atom. The normalized spacial score (nSPS) is 16.4. The SMILES string of the molecule is CCNC(=O)c1ccc(OC(F)(F)F)cc1NC1CCCc2ccccc21. The zero-order valence-electron chi connectivity index (χ0n) is 14.9. The lowest BCUT2D eigenvalue weighted by Gasteiger charge is -2.28. The van der Waals surface area contributed by atoms with E-state index in [1.54, 1.807) is 6.92 Å². The number of hydrogen-bond acceptors (Lipinski definition) is 3. The number of ether oxygens (including phenoxy) is 1. The van der Waals surface area contributed by atoms with Crippen molar-refractivity contribution >= 4 is 11.6 Å². The molecule has 0 heterocycles. The molecule has 0 aliphatic heterocycles. The van der Waals surface area contributed by atoms with Gasteiger partial charge in [0.25, 0.3) is 5.91 Å². The molecule has 1 unspecified atom stereocenters. The lowest BCUT2D eigenvalue weighted by molar-refractivity contribution is -0.274. The highest BCUT2D eigenvalue weighted by Gasteiger charge is 2.31. The lowest BCUT2D eigenvalue weighted by Crippen LogP contribution is -2.25. The Bertz CT molecular complexity index is 821. The van der Waals surface area contributed by atoms with Crippen LogP contribution in [-0.4, -0.2) is 18.8 Å². The van der Waals surface area contributed by atoms with Crippen molar-refractivity contribution in [2.24, 2.45) is 0 Å². The van der Waals surface area contributed by atoms with Gasteiger partial charge in [-0.1, -0.05) is 24.3 Å². The molecule has 1 amide bonds. The molecule has 0 fully saturated rings. The van der Waals surface area contributed by atoms with Gasteiger partial charge in [0, 0.05) is 12.6 Å². The van der Waals surface area contributed by atoms with Crippen molar-refractivity contribution < 1.29 is 22.7 Å². The van der Waals surface area contributed by atoms with E-state index in [1.165, 1.54) is 17.7 Å². The van der Waals surface area contributed by atoms with Crippen molar-refractivity contribution in [2.75, 3.05) is 11.9 Å². The molecule has 0 saturated carbocycles. The van der Waals surface area contributed by atoms with E-state index in [2.05, 4.69) is 21.4 Å².